The minimum absolute atomic E-state index is 0.112. The van der Waals surface area contributed by atoms with E-state index in [2.05, 4.69) is 27.6 Å². The topological polar surface area (TPSA) is 67.0 Å². The Morgan fingerprint density at radius 1 is 1.40 bits per heavy atom. The van der Waals surface area contributed by atoms with Crippen LogP contribution in [0.4, 0.5) is 0 Å². The van der Waals surface area contributed by atoms with Crippen molar-refractivity contribution in [2.24, 2.45) is 0 Å². The molecule has 0 unspecified atom stereocenters. The molecule has 0 radical (unpaired) electrons. The molecule has 0 bridgehead atoms. The summed E-state index contributed by atoms with van der Waals surface area (Å²) in [5, 5.41) is 10.3. The standard InChI is InChI=1S/C20H27N3O2/c1-13-18(14(2)23-22-13)9-10-20(24)21-12-16-6-4-5-15-11-17(25-3)7-8-19(15)16/h7-8,11,16H,4-6,9-10,12H2,1-3H3,(H,21,24)(H,22,23)/t16-/m0/s1. The number of methoxy groups -OCH3 is 1. The molecule has 1 atom stereocenters. The second kappa shape index (κ2) is 7.72. The van der Waals surface area contributed by atoms with Crippen LogP contribution < -0.4 is 10.1 Å². The summed E-state index contributed by atoms with van der Waals surface area (Å²) in [6, 6.07) is 6.31. The highest BCUT2D eigenvalue weighted by atomic mass is 16.5. The minimum Gasteiger partial charge on any atom is -0.497 e. The van der Waals surface area contributed by atoms with E-state index in [9.17, 15) is 4.79 Å². The zero-order valence-corrected chi connectivity index (χ0v) is 15.3. The number of nitrogens with zero attached hydrogens (tertiary/aromatic N) is 1. The maximum atomic E-state index is 12.3. The van der Waals surface area contributed by atoms with Gasteiger partial charge in [0, 0.05) is 24.6 Å². The van der Waals surface area contributed by atoms with Crippen LogP contribution >= 0.6 is 0 Å². The van der Waals surface area contributed by atoms with Gasteiger partial charge in [-0.25, -0.2) is 0 Å². The van der Waals surface area contributed by atoms with Gasteiger partial charge in [0.15, 0.2) is 0 Å². The molecule has 0 spiro atoms. The fraction of sp³-hybridized carbons (Fsp3) is 0.500. The number of hydrogen-bond donors (Lipinski definition) is 2. The average Bonchev–Trinajstić information content (AvgIpc) is 2.95. The Hall–Kier alpha value is -2.30. The third-order valence-corrected chi connectivity index (χ3v) is 5.22. The number of carbonyl (C=O) groups is 1. The van der Waals surface area contributed by atoms with E-state index in [0.717, 1.165) is 48.4 Å². The van der Waals surface area contributed by atoms with Crippen LogP contribution in [0.25, 0.3) is 0 Å². The molecule has 0 saturated carbocycles. The number of benzene rings is 1. The summed E-state index contributed by atoms with van der Waals surface area (Å²) in [4.78, 5) is 12.3. The van der Waals surface area contributed by atoms with E-state index in [1.165, 1.54) is 11.1 Å². The first kappa shape index (κ1) is 17.5. The Morgan fingerprint density at radius 3 is 2.96 bits per heavy atom. The number of carbonyl (C=O) groups excluding carboxylic acids is 1. The largest absolute Gasteiger partial charge is 0.497 e. The molecule has 5 heteroatoms. The van der Waals surface area contributed by atoms with Gasteiger partial charge in [0.1, 0.15) is 5.75 Å². The van der Waals surface area contributed by atoms with Gasteiger partial charge >= 0.3 is 0 Å². The van der Waals surface area contributed by atoms with Crippen molar-refractivity contribution in [3.63, 3.8) is 0 Å². The Morgan fingerprint density at radius 2 is 2.24 bits per heavy atom. The fourth-order valence-corrected chi connectivity index (χ4v) is 3.74. The normalized spacial score (nSPS) is 16.4. The van der Waals surface area contributed by atoms with E-state index in [1.54, 1.807) is 7.11 Å². The second-order valence-corrected chi connectivity index (χ2v) is 6.87. The van der Waals surface area contributed by atoms with Crippen LogP contribution in [0.15, 0.2) is 18.2 Å². The molecular formula is C20H27N3O2. The molecule has 1 aliphatic rings. The number of H-pyrrole nitrogens is 1. The van der Waals surface area contributed by atoms with E-state index >= 15 is 0 Å². The summed E-state index contributed by atoms with van der Waals surface area (Å²) < 4.78 is 5.32. The molecule has 0 aliphatic heterocycles. The van der Waals surface area contributed by atoms with Gasteiger partial charge in [-0.15, -0.1) is 0 Å². The molecule has 0 fully saturated rings. The number of aromatic nitrogens is 2. The Bertz CT molecular complexity index is 732. The van der Waals surface area contributed by atoms with Crippen LogP contribution in [-0.2, 0) is 17.6 Å². The fourth-order valence-electron chi connectivity index (χ4n) is 3.74. The summed E-state index contributed by atoms with van der Waals surface area (Å²) in [6.45, 7) is 4.69. The molecule has 1 heterocycles. The van der Waals surface area contributed by atoms with Gasteiger partial charge in [0.2, 0.25) is 5.91 Å². The summed E-state index contributed by atoms with van der Waals surface area (Å²) in [6.07, 6.45) is 4.62. The van der Waals surface area contributed by atoms with E-state index in [4.69, 9.17) is 4.74 Å². The molecule has 134 valence electrons. The molecular weight excluding hydrogens is 314 g/mol. The molecule has 5 nitrogen and oxygen atoms in total. The van der Waals surface area contributed by atoms with E-state index in [1.807, 2.05) is 19.9 Å². The summed E-state index contributed by atoms with van der Waals surface area (Å²) in [7, 11) is 1.70. The SMILES string of the molecule is COc1ccc2c(c1)CCC[C@H]2CNC(=O)CCc1c(C)n[nH]c1C. The van der Waals surface area contributed by atoms with Crippen molar-refractivity contribution in [3.05, 3.63) is 46.3 Å². The van der Waals surface area contributed by atoms with Gasteiger partial charge in [0.25, 0.3) is 0 Å². The number of aromatic amines is 1. The zero-order valence-electron chi connectivity index (χ0n) is 15.3. The summed E-state index contributed by atoms with van der Waals surface area (Å²) in [5.74, 6) is 1.42. The Balaban J connectivity index is 1.55. The summed E-state index contributed by atoms with van der Waals surface area (Å²) in [5.41, 5.74) is 5.91. The number of fused-ring (bicyclic) bond motifs is 1. The van der Waals surface area contributed by atoms with Crippen molar-refractivity contribution in [2.75, 3.05) is 13.7 Å². The van der Waals surface area contributed by atoms with Crippen LogP contribution in [-0.4, -0.2) is 29.8 Å². The van der Waals surface area contributed by atoms with Crippen LogP contribution in [0.5, 0.6) is 5.75 Å². The predicted molar refractivity (Wildman–Crippen MR) is 98.1 cm³/mol. The van der Waals surface area contributed by atoms with Crippen molar-refractivity contribution in [1.29, 1.82) is 0 Å². The van der Waals surface area contributed by atoms with Gasteiger partial charge in [-0.2, -0.15) is 5.10 Å². The maximum absolute atomic E-state index is 12.3. The first-order valence-electron chi connectivity index (χ1n) is 9.02. The number of hydrogen-bond acceptors (Lipinski definition) is 3. The quantitative estimate of drug-likeness (QED) is 0.848. The first-order valence-corrected chi connectivity index (χ1v) is 9.02. The number of aryl methyl sites for hydroxylation is 3. The summed E-state index contributed by atoms with van der Waals surface area (Å²) >= 11 is 0. The number of nitrogens with one attached hydrogen (secondary N) is 2. The van der Waals surface area contributed by atoms with Crippen molar-refractivity contribution < 1.29 is 9.53 Å². The molecule has 25 heavy (non-hydrogen) atoms. The average molecular weight is 341 g/mol. The third-order valence-electron chi connectivity index (χ3n) is 5.22. The second-order valence-electron chi connectivity index (χ2n) is 6.87. The van der Waals surface area contributed by atoms with Crippen molar-refractivity contribution in [3.8, 4) is 5.75 Å². The van der Waals surface area contributed by atoms with Crippen molar-refractivity contribution in [2.45, 2.75) is 51.9 Å². The molecule has 0 saturated heterocycles. The number of ether oxygens (including phenoxy) is 1. The van der Waals surface area contributed by atoms with Gasteiger partial charge < -0.3 is 10.1 Å². The third kappa shape index (κ3) is 4.03. The first-order chi connectivity index (χ1) is 12.1. The van der Waals surface area contributed by atoms with Gasteiger partial charge in [-0.1, -0.05) is 6.07 Å². The van der Waals surface area contributed by atoms with E-state index in [0.29, 0.717) is 18.9 Å². The molecule has 1 amide bonds. The Kier molecular flexibility index (Phi) is 5.41. The highest BCUT2D eigenvalue weighted by Gasteiger charge is 2.21. The van der Waals surface area contributed by atoms with Crippen LogP contribution in [0, 0.1) is 13.8 Å². The monoisotopic (exact) mass is 341 g/mol. The highest BCUT2D eigenvalue weighted by Crippen LogP contribution is 2.33. The molecule has 2 N–H and O–H groups in total. The molecule has 1 aromatic carbocycles. The maximum Gasteiger partial charge on any atom is 0.220 e. The highest BCUT2D eigenvalue weighted by molar-refractivity contribution is 5.76. The lowest BCUT2D eigenvalue weighted by Crippen LogP contribution is -2.30. The lowest BCUT2D eigenvalue weighted by Gasteiger charge is -2.26. The zero-order chi connectivity index (χ0) is 17.8. The Labute approximate surface area is 149 Å². The van der Waals surface area contributed by atoms with Crippen LogP contribution in [0.2, 0.25) is 0 Å². The molecule has 1 aromatic heterocycles. The van der Waals surface area contributed by atoms with Crippen LogP contribution in [0.3, 0.4) is 0 Å². The smallest absolute Gasteiger partial charge is 0.220 e. The minimum atomic E-state index is 0.112. The van der Waals surface area contributed by atoms with Crippen molar-refractivity contribution in [1.82, 2.24) is 15.5 Å². The molecule has 2 aromatic rings. The van der Waals surface area contributed by atoms with Gasteiger partial charge in [-0.3, -0.25) is 9.89 Å². The van der Waals surface area contributed by atoms with Gasteiger partial charge in [-0.05, 0) is 68.4 Å². The van der Waals surface area contributed by atoms with Crippen LogP contribution in [0.1, 0.15) is 53.3 Å². The molecule has 1 aliphatic carbocycles. The lowest BCUT2D eigenvalue weighted by molar-refractivity contribution is -0.121. The predicted octanol–water partition coefficient (Wildman–Crippen LogP) is 3.20. The van der Waals surface area contributed by atoms with Crippen molar-refractivity contribution >= 4 is 5.91 Å². The number of amides is 1. The molecule has 3 rings (SSSR count). The lowest BCUT2D eigenvalue weighted by atomic mass is 9.82. The number of rotatable bonds is 6. The van der Waals surface area contributed by atoms with Gasteiger partial charge in [0.05, 0.1) is 12.8 Å². The van der Waals surface area contributed by atoms with E-state index in [-0.39, 0.29) is 5.91 Å². The van der Waals surface area contributed by atoms with E-state index < -0.39 is 0 Å².